The number of carbonyl (C=O) groups excluding carboxylic acids is 1. The Morgan fingerprint density at radius 3 is 2.43 bits per heavy atom. The van der Waals surface area contributed by atoms with E-state index in [0.29, 0.717) is 37.6 Å². The number of aliphatic hydroxyl groups is 1. The largest absolute Gasteiger partial charge is 0.493 e. The summed E-state index contributed by atoms with van der Waals surface area (Å²) in [6, 6.07) is 5.67. The first-order valence-corrected chi connectivity index (χ1v) is 10.2. The first-order valence-electron chi connectivity index (χ1n) is 10.2. The van der Waals surface area contributed by atoms with Crippen LogP contribution < -0.4 is 9.47 Å². The SMILES string of the molecule is CCN1CCN(C[C@@]2(O)CCCN(Cc3cccc(OC)c3OC)C2=O)CC1. The van der Waals surface area contributed by atoms with E-state index in [1.165, 1.54) is 0 Å². The van der Waals surface area contributed by atoms with Crippen molar-refractivity contribution < 1.29 is 19.4 Å². The molecule has 2 heterocycles. The van der Waals surface area contributed by atoms with E-state index in [4.69, 9.17) is 9.47 Å². The zero-order valence-electron chi connectivity index (χ0n) is 17.3. The fourth-order valence-corrected chi connectivity index (χ4v) is 4.28. The number of methoxy groups -OCH3 is 2. The monoisotopic (exact) mass is 391 g/mol. The molecule has 156 valence electrons. The number of piperidine rings is 1. The van der Waals surface area contributed by atoms with Gasteiger partial charge in [-0.05, 0) is 25.5 Å². The lowest BCUT2D eigenvalue weighted by Gasteiger charge is -2.43. The summed E-state index contributed by atoms with van der Waals surface area (Å²) < 4.78 is 10.9. The summed E-state index contributed by atoms with van der Waals surface area (Å²) in [4.78, 5) is 19.5. The third-order valence-corrected chi connectivity index (χ3v) is 5.95. The summed E-state index contributed by atoms with van der Waals surface area (Å²) >= 11 is 0. The van der Waals surface area contributed by atoms with E-state index in [1.54, 1.807) is 19.1 Å². The summed E-state index contributed by atoms with van der Waals surface area (Å²) in [7, 11) is 3.20. The Hall–Kier alpha value is -1.83. The smallest absolute Gasteiger partial charge is 0.256 e. The summed E-state index contributed by atoms with van der Waals surface area (Å²) in [5.74, 6) is 1.11. The number of nitrogens with zero attached hydrogens (tertiary/aromatic N) is 3. The number of hydrogen-bond donors (Lipinski definition) is 1. The lowest BCUT2D eigenvalue weighted by atomic mass is 9.90. The number of likely N-dealkylation sites (tertiary alicyclic amines) is 1. The number of likely N-dealkylation sites (N-methyl/N-ethyl adjacent to an activating group) is 1. The van der Waals surface area contributed by atoms with E-state index in [1.807, 2.05) is 18.2 Å². The number of benzene rings is 1. The lowest BCUT2D eigenvalue weighted by Crippen LogP contribution is -2.60. The van der Waals surface area contributed by atoms with Crippen molar-refractivity contribution in [3.8, 4) is 11.5 Å². The highest BCUT2D eigenvalue weighted by Gasteiger charge is 2.43. The number of rotatable bonds is 7. The van der Waals surface area contributed by atoms with Crippen LogP contribution in [0.5, 0.6) is 11.5 Å². The molecule has 0 bridgehead atoms. The molecule has 2 fully saturated rings. The molecule has 7 heteroatoms. The van der Waals surface area contributed by atoms with E-state index in [9.17, 15) is 9.90 Å². The Labute approximate surface area is 167 Å². The van der Waals surface area contributed by atoms with Gasteiger partial charge in [-0.25, -0.2) is 0 Å². The Balaban J connectivity index is 1.69. The van der Waals surface area contributed by atoms with Crippen molar-refractivity contribution in [1.29, 1.82) is 0 Å². The molecule has 0 unspecified atom stereocenters. The van der Waals surface area contributed by atoms with Gasteiger partial charge in [0, 0.05) is 51.4 Å². The highest BCUT2D eigenvalue weighted by molar-refractivity contribution is 5.86. The predicted octanol–water partition coefficient (Wildman–Crippen LogP) is 1.19. The molecule has 1 aromatic carbocycles. The highest BCUT2D eigenvalue weighted by atomic mass is 16.5. The van der Waals surface area contributed by atoms with Crippen molar-refractivity contribution in [2.75, 3.05) is 60.0 Å². The summed E-state index contributed by atoms with van der Waals surface area (Å²) in [5.41, 5.74) is -0.422. The molecule has 2 aliphatic rings. The van der Waals surface area contributed by atoms with Gasteiger partial charge in [-0.1, -0.05) is 19.1 Å². The van der Waals surface area contributed by atoms with Crippen LogP contribution in [-0.4, -0.2) is 91.3 Å². The Morgan fingerprint density at radius 1 is 1.07 bits per heavy atom. The van der Waals surface area contributed by atoms with Crippen LogP contribution >= 0.6 is 0 Å². The molecule has 2 aliphatic heterocycles. The van der Waals surface area contributed by atoms with E-state index >= 15 is 0 Å². The Morgan fingerprint density at radius 2 is 1.79 bits per heavy atom. The summed E-state index contributed by atoms with van der Waals surface area (Å²) in [5, 5.41) is 11.2. The number of carbonyl (C=O) groups is 1. The van der Waals surface area contributed by atoms with E-state index in [2.05, 4.69) is 16.7 Å². The minimum absolute atomic E-state index is 0.179. The first-order chi connectivity index (χ1) is 13.5. The van der Waals surface area contributed by atoms with Gasteiger partial charge in [0.1, 0.15) is 0 Å². The molecular formula is C21H33N3O4. The number of para-hydroxylation sites is 1. The van der Waals surface area contributed by atoms with E-state index in [-0.39, 0.29) is 5.91 Å². The second-order valence-electron chi connectivity index (χ2n) is 7.72. The molecule has 0 spiro atoms. The van der Waals surface area contributed by atoms with E-state index < -0.39 is 5.60 Å². The molecule has 1 amide bonds. The molecule has 7 nitrogen and oxygen atoms in total. The average Bonchev–Trinajstić information content (AvgIpc) is 2.72. The molecule has 0 aromatic heterocycles. The quantitative estimate of drug-likeness (QED) is 0.753. The molecule has 0 aliphatic carbocycles. The predicted molar refractivity (Wildman–Crippen MR) is 108 cm³/mol. The third-order valence-electron chi connectivity index (χ3n) is 5.95. The van der Waals surface area contributed by atoms with Crippen LogP contribution in [0.4, 0.5) is 0 Å². The first kappa shape index (κ1) is 20.9. The van der Waals surface area contributed by atoms with Gasteiger partial charge in [0.2, 0.25) is 0 Å². The van der Waals surface area contributed by atoms with Crippen molar-refractivity contribution in [3.63, 3.8) is 0 Å². The topological polar surface area (TPSA) is 65.5 Å². The van der Waals surface area contributed by atoms with Gasteiger partial charge < -0.3 is 24.4 Å². The van der Waals surface area contributed by atoms with Crippen LogP contribution in [0.25, 0.3) is 0 Å². The van der Waals surface area contributed by atoms with Gasteiger partial charge in [0.15, 0.2) is 17.1 Å². The molecule has 1 aromatic rings. The lowest BCUT2D eigenvalue weighted by molar-refractivity contribution is -0.160. The average molecular weight is 392 g/mol. The van der Waals surface area contributed by atoms with Crippen LogP contribution in [-0.2, 0) is 11.3 Å². The van der Waals surface area contributed by atoms with Crippen LogP contribution in [0.3, 0.4) is 0 Å². The maximum absolute atomic E-state index is 13.2. The number of amides is 1. The third kappa shape index (κ3) is 4.42. The maximum Gasteiger partial charge on any atom is 0.256 e. The minimum atomic E-state index is -1.31. The molecule has 3 rings (SSSR count). The number of β-amino-alcohol motifs (C(OH)–C–C–N with tert-alkyl or cyclic N) is 1. The van der Waals surface area contributed by atoms with Crippen LogP contribution in [0.2, 0.25) is 0 Å². The maximum atomic E-state index is 13.2. The van der Waals surface area contributed by atoms with Gasteiger partial charge in [0.25, 0.3) is 5.91 Å². The van der Waals surface area contributed by atoms with Gasteiger partial charge in [-0.3, -0.25) is 9.69 Å². The zero-order chi connectivity index (χ0) is 20.1. The van der Waals surface area contributed by atoms with Crippen LogP contribution in [0, 0.1) is 0 Å². The van der Waals surface area contributed by atoms with Gasteiger partial charge in [-0.2, -0.15) is 0 Å². The molecular weight excluding hydrogens is 358 g/mol. The molecule has 28 heavy (non-hydrogen) atoms. The molecule has 0 radical (unpaired) electrons. The zero-order valence-corrected chi connectivity index (χ0v) is 17.3. The second-order valence-corrected chi connectivity index (χ2v) is 7.72. The minimum Gasteiger partial charge on any atom is -0.493 e. The Kier molecular flexibility index (Phi) is 6.80. The Bertz CT molecular complexity index is 676. The fourth-order valence-electron chi connectivity index (χ4n) is 4.28. The summed E-state index contributed by atoms with van der Waals surface area (Å²) in [6.45, 7) is 8.45. The normalized spacial score (nSPS) is 24.4. The number of hydrogen-bond acceptors (Lipinski definition) is 6. The molecule has 2 saturated heterocycles. The van der Waals surface area contributed by atoms with Crippen molar-refractivity contribution >= 4 is 5.91 Å². The van der Waals surface area contributed by atoms with Crippen molar-refractivity contribution in [3.05, 3.63) is 23.8 Å². The highest BCUT2D eigenvalue weighted by Crippen LogP contribution is 2.33. The van der Waals surface area contributed by atoms with Crippen molar-refractivity contribution in [2.45, 2.75) is 31.9 Å². The van der Waals surface area contributed by atoms with Gasteiger partial charge >= 0.3 is 0 Å². The summed E-state index contributed by atoms with van der Waals surface area (Å²) in [6.07, 6.45) is 1.31. The van der Waals surface area contributed by atoms with Crippen LogP contribution in [0.1, 0.15) is 25.3 Å². The second kappa shape index (κ2) is 9.11. The van der Waals surface area contributed by atoms with Crippen molar-refractivity contribution in [1.82, 2.24) is 14.7 Å². The fraction of sp³-hybridized carbons (Fsp3) is 0.667. The van der Waals surface area contributed by atoms with Gasteiger partial charge in [0.05, 0.1) is 14.2 Å². The van der Waals surface area contributed by atoms with E-state index in [0.717, 1.165) is 44.7 Å². The van der Waals surface area contributed by atoms with Crippen LogP contribution in [0.15, 0.2) is 18.2 Å². The standard InChI is InChI=1S/C21H33N3O4/c1-4-22-11-13-23(14-12-22)16-21(26)9-6-10-24(20(21)25)15-17-7-5-8-18(27-2)19(17)28-3/h5,7-8,26H,4,6,9-16H2,1-3H3/t21-/m0/s1. The number of ether oxygens (including phenoxy) is 2. The number of piperazine rings is 1. The molecule has 1 atom stereocenters. The van der Waals surface area contributed by atoms with Crippen molar-refractivity contribution in [2.24, 2.45) is 0 Å². The molecule has 0 saturated carbocycles. The molecule has 1 N–H and O–H groups in total. The van der Waals surface area contributed by atoms with Gasteiger partial charge in [-0.15, -0.1) is 0 Å².